The molecule has 1 aromatic carbocycles. The van der Waals surface area contributed by atoms with Crippen molar-refractivity contribution in [3.8, 4) is 0 Å². The van der Waals surface area contributed by atoms with E-state index in [1.54, 1.807) is 11.3 Å². The molecule has 1 heterocycles. The lowest BCUT2D eigenvalue weighted by Gasteiger charge is -2.12. The summed E-state index contributed by atoms with van der Waals surface area (Å²) < 4.78 is 0. The molecule has 8 heteroatoms. The largest absolute Gasteiger partial charge is 0.357 e. The molecule has 30 heavy (non-hydrogen) atoms. The number of carbonyl (C=O) groups excluding carboxylic acids is 1. The number of amides is 1. The fourth-order valence-corrected chi connectivity index (χ4v) is 3.69. The highest BCUT2D eigenvalue weighted by atomic mass is 32.1. The van der Waals surface area contributed by atoms with Crippen molar-refractivity contribution in [1.29, 1.82) is 0 Å². The van der Waals surface area contributed by atoms with Crippen molar-refractivity contribution >= 4 is 23.2 Å². The first-order chi connectivity index (χ1) is 14.4. The van der Waals surface area contributed by atoms with E-state index in [1.807, 2.05) is 57.1 Å². The number of guanidine groups is 1. The third-order valence-corrected chi connectivity index (χ3v) is 5.63. The fourth-order valence-electron chi connectivity index (χ4n) is 2.75. The van der Waals surface area contributed by atoms with Gasteiger partial charge in [0.1, 0.15) is 0 Å². The predicted molar refractivity (Wildman–Crippen MR) is 125 cm³/mol. The molecule has 0 saturated heterocycles. The number of aromatic nitrogens is 1. The second kappa shape index (κ2) is 12.3. The second-order valence-electron chi connectivity index (χ2n) is 7.38. The van der Waals surface area contributed by atoms with Gasteiger partial charge in [-0.15, -0.1) is 11.3 Å². The van der Waals surface area contributed by atoms with E-state index in [4.69, 9.17) is 0 Å². The summed E-state index contributed by atoms with van der Waals surface area (Å²) in [7, 11) is 3.97. The number of aryl methyl sites for hydroxylation is 2. The van der Waals surface area contributed by atoms with Gasteiger partial charge in [0.25, 0.3) is 5.91 Å². The molecule has 2 aromatic rings. The minimum Gasteiger partial charge on any atom is -0.357 e. The van der Waals surface area contributed by atoms with Crippen LogP contribution in [0.1, 0.15) is 38.4 Å². The van der Waals surface area contributed by atoms with Gasteiger partial charge in [0.05, 0.1) is 17.2 Å². The van der Waals surface area contributed by atoms with Gasteiger partial charge < -0.3 is 20.9 Å². The number of likely N-dealkylation sites (N-methyl/N-ethyl adjacent to an activating group) is 1. The number of rotatable bonds is 10. The van der Waals surface area contributed by atoms with Gasteiger partial charge in [0.15, 0.2) is 5.96 Å². The number of thiazole rings is 1. The van der Waals surface area contributed by atoms with Gasteiger partial charge in [0, 0.05) is 43.0 Å². The number of nitrogens with one attached hydrogen (secondary N) is 3. The third kappa shape index (κ3) is 8.12. The Morgan fingerprint density at radius 1 is 1.17 bits per heavy atom. The molecule has 0 aliphatic heterocycles. The molecule has 0 aliphatic carbocycles. The van der Waals surface area contributed by atoms with Gasteiger partial charge in [0.2, 0.25) is 0 Å². The number of benzene rings is 1. The van der Waals surface area contributed by atoms with E-state index in [2.05, 4.69) is 32.9 Å². The molecule has 2 rings (SSSR count). The lowest BCUT2D eigenvalue weighted by molar-refractivity contribution is 0.0951. The quantitative estimate of drug-likeness (QED) is 0.398. The van der Waals surface area contributed by atoms with Crippen molar-refractivity contribution in [1.82, 2.24) is 25.8 Å². The average Bonchev–Trinajstić information content (AvgIpc) is 3.03. The standard InChI is InChI=1S/C22H34N6OS/c1-6-23-22(25-11-10-20-27-16(2)17(3)30-20)26-15-18-8-7-9-19(14-18)21(29)24-12-13-28(4)5/h7-9,14H,6,10-13,15H2,1-5H3,(H,24,29)(H2,23,25,26). The Hall–Kier alpha value is -2.45. The number of nitrogens with zero attached hydrogens (tertiary/aromatic N) is 3. The maximum absolute atomic E-state index is 12.3. The number of hydrogen-bond donors (Lipinski definition) is 3. The van der Waals surface area contributed by atoms with Crippen LogP contribution in [0.25, 0.3) is 0 Å². The van der Waals surface area contributed by atoms with Gasteiger partial charge in [-0.2, -0.15) is 0 Å². The first kappa shape index (κ1) is 23.8. The van der Waals surface area contributed by atoms with E-state index >= 15 is 0 Å². The molecule has 1 amide bonds. The Labute approximate surface area is 184 Å². The van der Waals surface area contributed by atoms with E-state index < -0.39 is 0 Å². The number of carbonyl (C=O) groups is 1. The third-order valence-electron chi connectivity index (χ3n) is 4.50. The van der Waals surface area contributed by atoms with Gasteiger partial charge in [-0.1, -0.05) is 12.1 Å². The molecule has 164 valence electrons. The van der Waals surface area contributed by atoms with Crippen LogP contribution in [-0.2, 0) is 13.0 Å². The molecule has 0 fully saturated rings. The lowest BCUT2D eigenvalue weighted by Crippen LogP contribution is -2.38. The highest BCUT2D eigenvalue weighted by Crippen LogP contribution is 2.16. The number of hydrogen-bond acceptors (Lipinski definition) is 5. The minimum atomic E-state index is -0.0539. The molecular weight excluding hydrogens is 396 g/mol. The summed E-state index contributed by atoms with van der Waals surface area (Å²) in [4.78, 5) is 24.9. The summed E-state index contributed by atoms with van der Waals surface area (Å²) in [6, 6.07) is 7.63. The Bertz CT molecular complexity index is 826. The zero-order valence-corrected chi connectivity index (χ0v) is 19.5. The molecule has 0 atom stereocenters. The van der Waals surface area contributed by atoms with E-state index in [9.17, 15) is 4.79 Å². The van der Waals surface area contributed by atoms with Crippen LogP contribution in [0.3, 0.4) is 0 Å². The first-order valence-corrected chi connectivity index (χ1v) is 11.2. The van der Waals surface area contributed by atoms with Crippen molar-refractivity contribution in [2.75, 3.05) is 40.3 Å². The van der Waals surface area contributed by atoms with Crippen molar-refractivity contribution in [3.63, 3.8) is 0 Å². The highest BCUT2D eigenvalue weighted by molar-refractivity contribution is 7.11. The molecule has 0 saturated carbocycles. The summed E-state index contributed by atoms with van der Waals surface area (Å²) in [5.74, 6) is 0.713. The van der Waals surface area contributed by atoms with Crippen LogP contribution in [-0.4, -0.2) is 62.0 Å². The zero-order chi connectivity index (χ0) is 21.9. The maximum Gasteiger partial charge on any atom is 0.251 e. The van der Waals surface area contributed by atoms with Crippen LogP contribution in [0.15, 0.2) is 29.3 Å². The van der Waals surface area contributed by atoms with Crippen LogP contribution in [0.4, 0.5) is 0 Å². The monoisotopic (exact) mass is 430 g/mol. The van der Waals surface area contributed by atoms with Crippen molar-refractivity contribution < 1.29 is 4.79 Å². The molecule has 0 unspecified atom stereocenters. The summed E-state index contributed by atoms with van der Waals surface area (Å²) in [6.45, 7) is 9.70. The molecule has 0 radical (unpaired) electrons. The highest BCUT2D eigenvalue weighted by Gasteiger charge is 2.07. The van der Waals surface area contributed by atoms with Crippen LogP contribution >= 0.6 is 11.3 Å². The van der Waals surface area contributed by atoms with Gasteiger partial charge in [-0.05, 0) is 52.6 Å². The van der Waals surface area contributed by atoms with E-state index in [1.165, 1.54) is 4.88 Å². The van der Waals surface area contributed by atoms with Crippen LogP contribution in [0.5, 0.6) is 0 Å². The summed E-state index contributed by atoms with van der Waals surface area (Å²) in [6.07, 6.45) is 0.867. The summed E-state index contributed by atoms with van der Waals surface area (Å²) >= 11 is 1.75. The molecule has 0 spiro atoms. The van der Waals surface area contributed by atoms with Gasteiger partial charge in [-0.3, -0.25) is 4.79 Å². The van der Waals surface area contributed by atoms with Crippen LogP contribution in [0, 0.1) is 13.8 Å². The molecule has 0 aliphatic rings. The first-order valence-electron chi connectivity index (χ1n) is 10.4. The topological polar surface area (TPSA) is 81.7 Å². The predicted octanol–water partition coefficient (Wildman–Crippen LogP) is 2.35. The molecule has 3 N–H and O–H groups in total. The Morgan fingerprint density at radius 2 is 1.97 bits per heavy atom. The summed E-state index contributed by atoms with van der Waals surface area (Å²) in [5, 5.41) is 10.7. The Morgan fingerprint density at radius 3 is 2.63 bits per heavy atom. The molecule has 7 nitrogen and oxygen atoms in total. The van der Waals surface area contributed by atoms with Gasteiger partial charge in [-0.25, -0.2) is 9.98 Å². The zero-order valence-electron chi connectivity index (χ0n) is 18.7. The van der Waals surface area contributed by atoms with Crippen molar-refractivity contribution in [3.05, 3.63) is 51.0 Å². The molecule has 1 aromatic heterocycles. The maximum atomic E-state index is 12.3. The summed E-state index contributed by atoms with van der Waals surface area (Å²) in [5.41, 5.74) is 2.77. The second-order valence-corrected chi connectivity index (χ2v) is 8.67. The van der Waals surface area contributed by atoms with Gasteiger partial charge >= 0.3 is 0 Å². The fraction of sp³-hybridized carbons (Fsp3) is 0.500. The van der Waals surface area contributed by atoms with E-state index in [-0.39, 0.29) is 5.91 Å². The lowest BCUT2D eigenvalue weighted by atomic mass is 10.1. The Balaban J connectivity index is 1.90. The minimum absolute atomic E-state index is 0.0539. The van der Waals surface area contributed by atoms with Crippen molar-refractivity contribution in [2.24, 2.45) is 4.99 Å². The molecular formula is C22H34N6OS. The van der Waals surface area contributed by atoms with Crippen LogP contribution in [0.2, 0.25) is 0 Å². The normalized spacial score (nSPS) is 11.6. The van der Waals surface area contributed by atoms with E-state index in [0.717, 1.165) is 48.3 Å². The SMILES string of the molecule is CCNC(=NCc1cccc(C(=O)NCCN(C)C)c1)NCCc1nc(C)c(C)s1. The van der Waals surface area contributed by atoms with Crippen molar-refractivity contribution in [2.45, 2.75) is 33.7 Å². The average molecular weight is 431 g/mol. The Kier molecular flexibility index (Phi) is 9.76. The smallest absolute Gasteiger partial charge is 0.251 e. The van der Waals surface area contributed by atoms with Crippen LogP contribution < -0.4 is 16.0 Å². The van der Waals surface area contributed by atoms with E-state index in [0.29, 0.717) is 18.7 Å². The molecule has 0 bridgehead atoms. The number of aliphatic imine (C=N–C) groups is 1.